The Labute approximate surface area is 136 Å². The lowest BCUT2D eigenvalue weighted by Crippen LogP contribution is -2.45. The van der Waals surface area contributed by atoms with Crippen LogP contribution in [0.15, 0.2) is 14.1 Å². The van der Waals surface area contributed by atoms with E-state index in [9.17, 15) is 13.5 Å². The maximum absolute atomic E-state index is 12.2. The van der Waals surface area contributed by atoms with E-state index < -0.39 is 15.6 Å². The molecule has 2 rings (SSSR count). The molecule has 1 aliphatic rings. The van der Waals surface area contributed by atoms with Crippen LogP contribution in [-0.2, 0) is 10.0 Å². The highest BCUT2D eigenvalue weighted by atomic mass is 79.9. The molecule has 0 amide bonds. The monoisotopic (exact) mass is 401 g/mol. The van der Waals surface area contributed by atoms with Gasteiger partial charge in [-0.2, -0.15) is 0 Å². The van der Waals surface area contributed by atoms with Crippen LogP contribution in [0.25, 0.3) is 0 Å². The summed E-state index contributed by atoms with van der Waals surface area (Å²) in [7, 11) is -3.62. The molecule has 0 aliphatic heterocycles. The number of aliphatic hydroxyl groups is 1. The zero-order valence-corrected chi connectivity index (χ0v) is 15.0. The van der Waals surface area contributed by atoms with E-state index in [2.05, 4.69) is 27.6 Å². The van der Waals surface area contributed by atoms with Gasteiger partial charge in [-0.05, 0) is 53.6 Å². The summed E-state index contributed by atoms with van der Waals surface area (Å²) in [6.45, 7) is 2.20. The van der Waals surface area contributed by atoms with Crippen LogP contribution in [0.2, 0.25) is 5.02 Å². The Balaban J connectivity index is 2.02. The Morgan fingerprint density at radius 2 is 2.15 bits per heavy atom. The van der Waals surface area contributed by atoms with E-state index in [1.807, 2.05) is 0 Å². The summed E-state index contributed by atoms with van der Waals surface area (Å²) in [6.07, 6.45) is 3.11. The van der Waals surface area contributed by atoms with Crippen molar-refractivity contribution in [2.75, 3.05) is 6.54 Å². The van der Waals surface area contributed by atoms with Crippen LogP contribution in [0.4, 0.5) is 0 Å². The predicted molar refractivity (Wildman–Crippen MR) is 84.8 cm³/mol. The van der Waals surface area contributed by atoms with Gasteiger partial charge in [-0.15, -0.1) is 11.3 Å². The molecule has 0 radical (unpaired) electrons. The van der Waals surface area contributed by atoms with Crippen molar-refractivity contribution in [3.63, 3.8) is 0 Å². The molecule has 0 aromatic carbocycles. The Morgan fingerprint density at radius 3 is 2.65 bits per heavy atom. The molecule has 4 nitrogen and oxygen atoms in total. The molecule has 8 heteroatoms. The van der Waals surface area contributed by atoms with Gasteiger partial charge in [0.15, 0.2) is 0 Å². The van der Waals surface area contributed by atoms with Gasteiger partial charge in [-0.3, -0.25) is 0 Å². The van der Waals surface area contributed by atoms with E-state index in [-0.39, 0.29) is 10.8 Å². The van der Waals surface area contributed by atoms with Crippen molar-refractivity contribution in [1.82, 2.24) is 4.72 Å². The van der Waals surface area contributed by atoms with Crippen molar-refractivity contribution in [3.05, 3.63) is 14.9 Å². The van der Waals surface area contributed by atoms with Gasteiger partial charge in [0, 0.05) is 6.54 Å². The Morgan fingerprint density at radius 1 is 1.55 bits per heavy atom. The minimum Gasteiger partial charge on any atom is -0.389 e. The van der Waals surface area contributed by atoms with E-state index in [1.165, 1.54) is 6.07 Å². The molecule has 0 atom stereocenters. The van der Waals surface area contributed by atoms with Gasteiger partial charge in [-0.25, -0.2) is 13.1 Å². The summed E-state index contributed by atoms with van der Waals surface area (Å²) in [5, 5.41) is 10.8. The largest absolute Gasteiger partial charge is 0.389 e. The molecule has 0 saturated heterocycles. The van der Waals surface area contributed by atoms with Crippen molar-refractivity contribution in [3.8, 4) is 0 Å². The van der Waals surface area contributed by atoms with Gasteiger partial charge in [-0.1, -0.05) is 18.5 Å². The third-order valence-corrected chi connectivity index (χ3v) is 8.03. The van der Waals surface area contributed by atoms with Gasteiger partial charge >= 0.3 is 0 Å². The zero-order valence-electron chi connectivity index (χ0n) is 11.0. The molecule has 0 unspecified atom stereocenters. The standard InChI is InChI=1S/C12H17BrClNO3S2/c1-8-2-4-12(16,5-3-8)7-15-20(17,18)10-6-9(14)11(13)19-10/h6,8,15-16H,2-5,7H2,1H3. The zero-order chi connectivity index (χ0) is 15.0. The molecule has 20 heavy (non-hydrogen) atoms. The smallest absolute Gasteiger partial charge is 0.250 e. The Hall–Kier alpha value is 0.340. The lowest BCUT2D eigenvalue weighted by atomic mass is 9.80. The van der Waals surface area contributed by atoms with Crippen molar-refractivity contribution >= 4 is 48.9 Å². The quantitative estimate of drug-likeness (QED) is 0.811. The normalized spacial score (nSPS) is 27.7. The first-order valence-corrected chi connectivity index (χ1v) is 9.86. The first-order valence-electron chi connectivity index (χ1n) is 6.39. The summed E-state index contributed by atoms with van der Waals surface area (Å²) in [5.74, 6) is 0.596. The van der Waals surface area contributed by atoms with Gasteiger partial charge in [0.25, 0.3) is 0 Å². The minimum absolute atomic E-state index is 0.0508. The van der Waals surface area contributed by atoms with Crippen LogP contribution in [0.1, 0.15) is 32.6 Å². The van der Waals surface area contributed by atoms with Gasteiger partial charge in [0.2, 0.25) is 10.0 Å². The van der Waals surface area contributed by atoms with Gasteiger partial charge in [0.05, 0.1) is 14.4 Å². The molecule has 1 saturated carbocycles. The third kappa shape index (κ3) is 3.96. The second-order valence-corrected chi connectivity index (χ2v) is 10.2. The number of sulfonamides is 1. The average molecular weight is 403 g/mol. The third-order valence-electron chi connectivity index (χ3n) is 3.68. The fraction of sp³-hybridized carbons (Fsp3) is 0.667. The van der Waals surface area contributed by atoms with Crippen LogP contribution < -0.4 is 4.72 Å². The molecule has 0 bridgehead atoms. The van der Waals surface area contributed by atoms with E-state index >= 15 is 0 Å². The highest BCUT2D eigenvalue weighted by Crippen LogP contribution is 2.35. The molecule has 1 heterocycles. The summed E-state index contributed by atoms with van der Waals surface area (Å²) in [6, 6.07) is 1.41. The first kappa shape index (κ1) is 16.7. The van der Waals surface area contributed by atoms with E-state index in [0.29, 0.717) is 27.6 Å². The molecule has 2 N–H and O–H groups in total. The highest BCUT2D eigenvalue weighted by molar-refractivity contribution is 9.11. The van der Waals surface area contributed by atoms with Crippen molar-refractivity contribution in [2.45, 2.75) is 42.4 Å². The molecule has 114 valence electrons. The summed E-state index contributed by atoms with van der Waals surface area (Å²) in [5.41, 5.74) is -0.933. The minimum atomic E-state index is -3.62. The molecule has 0 spiro atoms. The van der Waals surface area contributed by atoms with E-state index in [0.717, 1.165) is 24.2 Å². The fourth-order valence-corrected chi connectivity index (χ4v) is 5.80. The van der Waals surface area contributed by atoms with Crippen molar-refractivity contribution in [2.24, 2.45) is 5.92 Å². The summed E-state index contributed by atoms with van der Waals surface area (Å²) >= 11 is 10.1. The second kappa shape index (κ2) is 6.22. The average Bonchev–Trinajstić information content (AvgIpc) is 2.73. The maximum atomic E-state index is 12.2. The number of thiophene rings is 1. The number of nitrogens with one attached hydrogen (secondary N) is 1. The highest BCUT2D eigenvalue weighted by Gasteiger charge is 2.33. The number of hydrogen-bond acceptors (Lipinski definition) is 4. The maximum Gasteiger partial charge on any atom is 0.250 e. The van der Waals surface area contributed by atoms with Crippen LogP contribution in [0.3, 0.4) is 0 Å². The Bertz CT molecular complexity index is 560. The van der Waals surface area contributed by atoms with Crippen molar-refractivity contribution in [1.29, 1.82) is 0 Å². The van der Waals surface area contributed by atoms with Crippen LogP contribution >= 0.6 is 38.9 Å². The second-order valence-electron chi connectivity index (χ2n) is 5.42. The number of rotatable bonds is 4. The SMILES string of the molecule is CC1CCC(O)(CNS(=O)(=O)c2cc(Cl)c(Br)s2)CC1. The molecular formula is C12H17BrClNO3S2. The molecule has 1 aliphatic carbocycles. The Kier molecular flexibility index (Phi) is 5.20. The molecule has 1 aromatic rings. The van der Waals surface area contributed by atoms with Crippen molar-refractivity contribution < 1.29 is 13.5 Å². The molecule has 1 aromatic heterocycles. The summed E-state index contributed by atoms with van der Waals surface area (Å²) in [4.78, 5) is 0. The number of hydrogen-bond donors (Lipinski definition) is 2. The van der Waals surface area contributed by atoms with Crippen LogP contribution in [0.5, 0.6) is 0 Å². The van der Waals surface area contributed by atoms with Crippen LogP contribution in [0, 0.1) is 5.92 Å². The molecule has 1 fully saturated rings. The van der Waals surface area contributed by atoms with Gasteiger partial charge in [0.1, 0.15) is 4.21 Å². The fourth-order valence-electron chi connectivity index (χ4n) is 2.24. The van der Waals surface area contributed by atoms with E-state index in [4.69, 9.17) is 11.6 Å². The van der Waals surface area contributed by atoms with E-state index in [1.54, 1.807) is 0 Å². The van der Waals surface area contributed by atoms with Gasteiger partial charge < -0.3 is 5.11 Å². The lowest BCUT2D eigenvalue weighted by molar-refractivity contribution is -0.00181. The first-order chi connectivity index (χ1) is 9.22. The topological polar surface area (TPSA) is 66.4 Å². The predicted octanol–water partition coefficient (Wildman–Crippen LogP) is 3.38. The molecular weight excluding hydrogens is 386 g/mol. The van der Waals surface area contributed by atoms with Crippen LogP contribution in [-0.4, -0.2) is 25.7 Å². The lowest BCUT2D eigenvalue weighted by Gasteiger charge is -2.34. The summed E-state index contributed by atoms with van der Waals surface area (Å²) < 4.78 is 27.5. The number of halogens is 2.